The highest BCUT2D eigenvalue weighted by atomic mass is 32.2. The minimum Gasteiger partial charge on any atom is -0.300 e. The smallest absolute Gasteiger partial charge is 0.266 e. The van der Waals surface area contributed by atoms with Crippen molar-refractivity contribution in [2.24, 2.45) is 0 Å². The fourth-order valence-corrected chi connectivity index (χ4v) is 4.44. The van der Waals surface area contributed by atoms with E-state index in [0.717, 1.165) is 11.3 Å². The zero-order chi connectivity index (χ0) is 19.6. The van der Waals surface area contributed by atoms with Crippen LogP contribution in [0.25, 0.3) is 6.08 Å². The van der Waals surface area contributed by atoms with Crippen LogP contribution in [0.3, 0.4) is 0 Å². The molecule has 1 fully saturated rings. The molecule has 1 aliphatic rings. The van der Waals surface area contributed by atoms with Crippen molar-refractivity contribution in [3.63, 3.8) is 0 Å². The molecule has 27 heavy (non-hydrogen) atoms. The highest BCUT2D eigenvalue weighted by molar-refractivity contribution is 8.26. The second-order valence-electron chi connectivity index (χ2n) is 6.43. The summed E-state index contributed by atoms with van der Waals surface area (Å²) in [5, 5.41) is 5.07. The molecule has 1 saturated heterocycles. The Morgan fingerprint density at radius 1 is 1.33 bits per heavy atom. The fraction of sp³-hybridized carbons (Fsp3) is 0.263. The van der Waals surface area contributed by atoms with Crippen molar-refractivity contribution >= 4 is 62.7 Å². The lowest BCUT2D eigenvalue weighted by Crippen LogP contribution is -2.36. The van der Waals surface area contributed by atoms with E-state index in [1.807, 2.05) is 30.5 Å². The van der Waals surface area contributed by atoms with Gasteiger partial charge >= 0.3 is 0 Å². The molecule has 5 nitrogen and oxygen atoms in total. The number of thiocarbonyl (C=S) groups is 1. The third kappa shape index (κ3) is 4.82. The Morgan fingerprint density at radius 3 is 2.63 bits per heavy atom. The molecule has 8 heteroatoms. The second kappa shape index (κ2) is 8.33. The molecule has 0 spiro atoms. The summed E-state index contributed by atoms with van der Waals surface area (Å²) in [5.41, 5.74) is 3.02. The van der Waals surface area contributed by atoms with E-state index < -0.39 is 0 Å². The average Bonchev–Trinajstić information content (AvgIpc) is 3.13. The van der Waals surface area contributed by atoms with Gasteiger partial charge in [0.05, 0.1) is 10.6 Å². The van der Waals surface area contributed by atoms with Gasteiger partial charge in [-0.05, 0) is 30.0 Å². The largest absolute Gasteiger partial charge is 0.300 e. The zero-order valence-corrected chi connectivity index (χ0v) is 17.6. The van der Waals surface area contributed by atoms with Crippen LogP contribution in [0.15, 0.2) is 34.6 Å². The first-order valence-electron chi connectivity index (χ1n) is 8.41. The van der Waals surface area contributed by atoms with Crippen LogP contribution in [0.2, 0.25) is 0 Å². The standard InChI is InChI=1S/C19H19N3O2S3/c1-11(2)14-6-4-13(5-7-14)8-15-17(24)22(19(25)27-15)9-16(23)21-18-20-12(3)10-26-18/h4-8,10-11H,9H2,1-3H3,(H,20,21,23)/b15-8+. The first-order chi connectivity index (χ1) is 12.8. The number of nitrogens with one attached hydrogen (secondary N) is 1. The van der Waals surface area contributed by atoms with Gasteiger partial charge in [-0.2, -0.15) is 0 Å². The molecule has 2 heterocycles. The Balaban J connectivity index is 1.67. The molecular formula is C19H19N3O2S3. The monoisotopic (exact) mass is 417 g/mol. The van der Waals surface area contributed by atoms with Gasteiger partial charge in [0.15, 0.2) is 5.13 Å². The Hall–Kier alpha value is -2.03. The number of aryl methyl sites for hydroxylation is 1. The summed E-state index contributed by atoms with van der Waals surface area (Å²) in [6, 6.07) is 8.08. The third-order valence-electron chi connectivity index (χ3n) is 3.94. The Morgan fingerprint density at radius 2 is 2.04 bits per heavy atom. The van der Waals surface area contributed by atoms with Crippen molar-refractivity contribution < 1.29 is 9.59 Å². The maximum Gasteiger partial charge on any atom is 0.266 e. The van der Waals surface area contributed by atoms with Gasteiger partial charge in [0.25, 0.3) is 5.91 Å². The molecule has 0 saturated carbocycles. The predicted molar refractivity (Wildman–Crippen MR) is 116 cm³/mol. The second-order valence-corrected chi connectivity index (χ2v) is 8.97. The number of hydrogen-bond donors (Lipinski definition) is 1. The molecule has 1 N–H and O–H groups in total. The van der Waals surface area contributed by atoms with Gasteiger partial charge < -0.3 is 5.32 Å². The number of carbonyl (C=O) groups is 2. The molecule has 0 bridgehead atoms. The Kier molecular flexibility index (Phi) is 6.08. The summed E-state index contributed by atoms with van der Waals surface area (Å²) in [4.78, 5) is 30.9. The van der Waals surface area contributed by atoms with Crippen LogP contribution < -0.4 is 5.32 Å². The summed E-state index contributed by atoms with van der Waals surface area (Å²) >= 11 is 7.85. The van der Waals surface area contributed by atoms with Gasteiger partial charge in [-0.3, -0.25) is 14.5 Å². The molecule has 0 radical (unpaired) electrons. The molecule has 2 aromatic rings. The number of carbonyl (C=O) groups excluding carboxylic acids is 2. The number of amides is 2. The lowest BCUT2D eigenvalue weighted by molar-refractivity contribution is -0.126. The van der Waals surface area contributed by atoms with E-state index in [2.05, 4.69) is 36.3 Å². The molecule has 1 aromatic carbocycles. The van der Waals surface area contributed by atoms with Crippen LogP contribution in [0, 0.1) is 6.92 Å². The number of rotatable bonds is 5. The van der Waals surface area contributed by atoms with Crippen molar-refractivity contribution in [2.75, 3.05) is 11.9 Å². The van der Waals surface area contributed by atoms with E-state index in [-0.39, 0.29) is 18.4 Å². The number of aromatic nitrogens is 1. The topological polar surface area (TPSA) is 62.3 Å². The first-order valence-corrected chi connectivity index (χ1v) is 10.5. The van der Waals surface area contributed by atoms with E-state index in [1.165, 1.54) is 33.6 Å². The van der Waals surface area contributed by atoms with Crippen molar-refractivity contribution in [2.45, 2.75) is 26.7 Å². The number of nitrogens with zero attached hydrogens (tertiary/aromatic N) is 2. The molecule has 0 atom stereocenters. The van der Waals surface area contributed by atoms with Crippen LogP contribution in [0.5, 0.6) is 0 Å². The maximum atomic E-state index is 12.6. The average molecular weight is 418 g/mol. The minimum atomic E-state index is -0.316. The first kappa shape index (κ1) is 19.7. The van der Waals surface area contributed by atoms with Gasteiger partial charge in [-0.1, -0.05) is 62.1 Å². The fourth-order valence-electron chi connectivity index (χ4n) is 2.48. The summed E-state index contributed by atoms with van der Waals surface area (Å²) < 4.78 is 0.385. The third-order valence-corrected chi connectivity index (χ3v) is 6.19. The van der Waals surface area contributed by atoms with Crippen molar-refractivity contribution in [3.05, 3.63) is 51.4 Å². The molecule has 140 valence electrons. The quantitative estimate of drug-likeness (QED) is 0.577. The zero-order valence-electron chi connectivity index (χ0n) is 15.2. The summed E-state index contributed by atoms with van der Waals surface area (Å²) in [6.07, 6.45) is 1.81. The van der Waals surface area contributed by atoms with Crippen LogP contribution in [-0.4, -0.2) is 32.6 Å². The van der Waals surface area contributed by atoms with Crippen LogP contribution in [0.4, 0.5) is 5.13 Å². The maximum absolute atomic E-state index is 12.6. The van der Waals surface area contributed by atoms with E-state index in [1.54, 1.807) is 0 Å². The number of thiazole rings is 1. The molecule has 2 amide bonds. The van der Waals surface area contributed by atoms with E-state index in [4.69, 9.17) is 12.2 Å². The van der Waals surface area contributed by atoms with Gasteiger partial charge in [0.1, 0.15) is 10.9 Å². The van der Waals surface area contributed by atoms with E-state index in [9.17, 15) is 9.59 Å². The van der Waals surface area contributed by atoms with Crippen LogP contribution >= 0.6 is 35.3 Å². The lowest BCUT2D eigenvalue weighted by Gasteiger charge is -2.13. The van der Waals surface area contributed by atoms with Crippen LogP contribution in [-0.2, 0) is 9.59 Å². The summed E-state index contributed by atoms with van der Waals surface area (Å²) in [6.45, 7) is 6.01. The molecule has 1 aromatic heterocycles. The van der Waals surface area contributed by atoms with Gasteiger partial charge in [0.2, 0.25) is 5.91 Å². The predicted octanol–water partition coefficient (Wildman–Crippen LogP) is 4.41. The Bertz CT molecular complexity index is 917. The number of benzene rings is 1. The van der Waals surface area contributed by atoms with E-state index in [0.29, 0.717) is 20.3 Å². The minimum absolute atomic E-state index is 0.118. The molecule has 0 unspecified atom stereocenters. The van der Waals surface area contributed by atoms with Crippen molar-refractivity contribution in [3.8, 4) is 0 Å². The van der Waals surface area contributed by atoms with Crippen molar-refractivity contribution in [1.82, 2.24) is 9.88 Å². The lowest BCUT2D eigenvalue weighted by atomic mass is 10.0. The van der Waals surface area contributed by atoms with Gasteiger partial charge in [-0.25, -0.2) is 4.98 Å². The molecule has 0 aliphatic carbocycles. The van der Waals surface area contributed by atoms with Gasteiger partial charge in [0, 0.05) is 5.38 Å². The molecular weight excluding hydrogens is 398 g/mol. The SMILES string of the molecule is Cc1csc(NC(=O)CN2C(=O)/C(=C\c3ccc(C(C)C)cc3)SC2=S)n1. The summed E-state index contributed by atoms with van der Waals surface area (Å²) in [7, 11) is 0. The van der Waals surface area contributed by atoms with Crippen molar-refractivity contribution in [1.29, 1.82) is 0 Å². The Labute approximate surface area is 171 Å². The number of hydrogen-bond acceptors (Lipinski definition) is 6. The number of anilines is 1. The highest BCUT2D eigenvalue weighted by Gasteiger charge is 2.33. The number of thioether (sulfide) groups is 1. The highest BCUT2D eigenvalue weighted by Crippen LogP contribution is 2.32. The normalized spacial score (nSPS) is 15.9. The molecule has 1 aliphatic heterocycles. The van der Waals surface area contributed by atoms with Crippen LogP contribution in [0.1, 0.15) is 36.6 Å². The molecule has 3 rings (SSSR count). The summed E-state index contributed by atoms with van der Waals surface area (Å²) in [5.74, 6) is -0.107. The van der Waals surface area contributed by atoms with E-state index >= 15 is 0 Å². The van der Waals surface area contributed by atoms with Gasteiger partial charge in [-0.15, -0.1) is 11.3 Å².